The van der Waals surface area contributed by atoms with Gasteiger partial charge in [0.05, 0.1) is 5.69 Å². The summed E-state index contributed by atoms with van der Waals surface area (Å²) in [7, 11) is 0. The van der Waals surface area contributed by atoms with Gasteiger partial charge in [-0.25, -0.2) is 13.8 Å². The van der Waals surface area contributed by atoms with Crippen LogP contribution in [-0.4, -0.2) is 10.9 Å². The van der Waals surface area contributed by atoms with E-state index in [0.717, 1.165) is 0 Å². The quantitative estimate of drug-likeness (QED) is 0.834. The monoisotopic (exact) mass is 254 g/mol. The molecule has 0 bridgehead atoms. The molecule has 0 aromatic carbocycles. The Kier molecular flexibility index (Phi) is 1.59. The third kappa shape index (κ3) is 1.02. The van der Waals surface area contributed by atoms with Gasteiger partial charge < -0.3 is 5.73 Å². The summed E-state index contributed by atoms with van der Waals surface area (Å²) in [5.74, 6) is -2.78. The molecule has 1 aliphatic carbocycles. The van der Waals surface area contributed by atoms with Crippen LogP contribution < -0.4 is 5.73 Å². The first-order valence-electron chi connectivity index (χ1n) is 3.24. The van der Waals surface area contributed by atoms with Crippen molar-refractivity contribution in [2.24, 2.45) is 5.73 Å². The molecule has 66 valence electrons. The van der Waals surface area contributed by atoms with Gasteiger partial charge in [-0.3, -0.25) is 0 Å². The molecule has 1 aromatic rings. The predicted octanol–water partition coefficient (Wildman–Crippen LogP) is 2.10. The second-order valence-electron chi connectivity index (χ2n) is 2.84. The van der Waals surface area contributed by atoms with Gasteiger partial charge in [0.2, 0.25) is 0 Å². The van der Waals surface area contributed by atoms with Crippen molar-refractivity contribution in [1.29, 1.82) is 0 Å². The molecule has 1 saturated carbocycles. The van der Waals surface area contributed by atoms with Crippen molar-refractivity contribution in [1.82, 2.24) is 4.98 Å². The molecule has 6 heteroatoms. The Balaban J connectivity index is 2.34. The molecule has 2 rings (SSSR count). The highest BCUT2D eigenvalue weighted by molar-refractivity contribution is 9.11. The van der Waals surface area contributed by atoms with Gasteiger partial charge in [0.25, 0.3) is 5.92 Å². The molecule has 0 amide bonds. The molecule has 0 radical (unpaired) electrons. The van der Waals surface area contributed by atoms with Gasteiger partial charge in [-0.2, -0.15) is 0 Å². The maximum atomic E-state index is 12.7. The fraction of sp³-hybridized carbons (Fsp3) is 0.500. The third-order valence-corrected chi connectivity index (χ3v) is 3.33. The molecule has 0 saturated heterocycles. The van der Waals surface area contributed by atoms with E-state index >= 15 is 0 Å². The molecule has 2 nitrogen and oxygen atoms in total. The zero-order chi connectivity index (χ0) is 8.98. The predicted molar refractivity (Wildman–Crippen MR) is 45.2 cm³/mol. The number of nitrogens with zero attached hydrogens (tertiary/aromatic N) is 1. The average molecular weight is 255 g/mol. The van der Waals surface area contributed by atoms with Gasteiger partial charge in [-0.1, -0.05) is 0 Å². The topological polar surface area (TPSA) is 38.9 Å². The van der Waals surface area contributed by atoms with Gasteiger partial charge >= 0.3 is 0 Å². The summed E-state index contributed by atoms with van der Waals surface area (Å²) >= 11 is 4.36. The minimum atomic E-state index is -2.78. The summed E-state index contributed by atoms with van der Waals surface area (Å²) in [5.41, 5.74) is 4.21. The summed E-state index contributed by atoms with van der Waals surface area (Å²) in [4.78, 5) is 3.87. The van der Waals surface area contributed by atoms with Gasteiger partial charge in [0.15, 0.2) is 3.92 Å². The minimum absolute atomic E-state index is 0.282. The number of nitrogens with two attached hydrogens (primary N) is 1. The highest BCUT2D eigenvalue weighted by Crippen LogP contribution is 2.57. The average Bonchev–Trinajstić information content (AvgIpc) is 2.37. The fourth-order valence-corrected chi connectivity index (χ4v) is 2.14. The van der Waals surface area contributed by atoms with Gasteiger partial charge in [0, 0.05) is 11.8 Å². The molecule has 1 heterocycles. The lowest BCUT2D eigenvalue weighted by Crippen LogP contribution is -2.27. The largest absolute Gasteiger partial charge is 0.315 e. The van der Waals surface area contributed by atoms with Crippen molar-refractivity contribution < 1.29 is 8.78 Å². The number of rotatable bonds is 1. The van der Waals surface area contributed by atoms with Crippen molar-refractivity contribution in [2.75, 3.05) is 0 Å². The summed E-state index contributed by atoms with van der Waals surface area (Å²) in [6.07, 6.45) is -0.295. The second-order valence-corrected chi connectivity index (χ2v) is 4.97. The van der Waals surface area contributed by atoms with Crippen LogP contribution in [-0.2, 0) is 5.54 Å². The van der Waals surface area contributed by atoms with E-state index < -0.39 is 11.5 Å². The van der Waals surface area contributed by atoms with E-state index in [-0.39, 0.29) is 12.1 Å². The van der Waals surface area contributed by atoms with E-state index in [1.807, 2.05) is 0 Å². The van der Waals surface area contributed by atoms with Crippen LogP contribution in [0.25, 0.3) is 0 Å². The van der Waals surface area contributed by atoms with Crippen LogP contribution in [0, 0.1) is 0 Å². The number of thiazole rings is 1. The van der Waals surface area contributed by atoms with Crippen LogP contribution in [0.15, 0.2) is 9.30 Å². The lowest BCUT2D eigenvalue weighted by Gasteiger charge is -2.04. The Bertz CT molecular complexity index is 327. The lowest BCUT2D eigenvalue weighted by atomic mass is 10.2. The molecule has 1 unspecified atom stereocenters. The number of alkyl halides is 2. The van der Waals surface area contributed by atoms with Gasteiger partial charge in [-0.05, 0) is 15.9 Å². The summed E-state index contributed by atoms with van der Waals surface area (Å²) in [5, 5.41) is 1.56. The van der Waals surface area contributed by atoms with E-state index in [1.54, 1.807) is 5.38 Å². The first-order valence-corrected chi connectivity index (χ1v) is 4.91. The van der Waals surface area contributed by atoms with Crippen LogP contribution in [0.5, 0.6) is 0 Å². The van der Waals surface area contributed by atoms with Crippen LogP contribution in [0.1, 0.15) is 12.1 Å². The van der Waals surface area contributed by atoms with Crippen molar-refractivity contribution in [3.8, 4) is 0 Å². The molecule has 2 N–H and O–H groups in total. The second kappa shape index (κ2) is 2.24. The van der Waals surface area contributed by atoms with E-state index in [1.165, 1.54) is 11.3 Å². The molecule has 0 spiro atoms. The Hall–Kier alpha value is -0.0700. The van der Waals surface area contributed by atoms with Crippen molar-refractivity contribution >= 4 is 27.3 Å². The van der Waals surface area contributed by atoms with Crippen molar-refractivity contribution in [3.63, 3.8) is 0 Å². The van der Waals surface area contributed by atoms with Crippen molar-refractivity contribution in [2.45, 2.75) is 17.9 Å². The molecule has 12 heavy (non-hydrogen) atoms. The highest BCUT2D eigenvalue weighted by Gasteiger charge is 2.71. The Morgan fingerprint density at radius 3 is 2.58 bits per heavy atom. The fourth-order valence-electron chi connectivity index (χ4n) is 1.04. The van der Waals surface area contributed by atoms with Crippen LogP contribution in [0.3, 0.4) is 0 Å². The molecular formula is C6H5BrF2N2S. The Morgan fingerprint density at radius 2 is 2.25 bits per heavy atom. The van der Waals surface area contributed by atoms with Crippen molar-refractivity contribution in [3.05, 3.63) is 15.0 Å². The van der Waals surface area contributed by atoms with Gasteiger partial charge in [-0.15, -0.1) is 11.3 Å². The Morgan fingerprint density at radius 1 is 1.67 bits per heavy atom. The highest BCUT2D eigenvalue weighted by atomic mass is 79.9. The van der Waals surface area contributed by atoms with E-state index in [0.29, 0.717) is 3.92 Å². The third-order valence-electron chi connectivity index (χ3n) is 1.96. The standard InChI is InChI=1S/C6H5BrF2N2S/c7-4-11-3(1-12-4)5(10)2-6(5,8)9/h1H,2,10H2. The maximum Gasteiger partial charge on any atom is 0.273 e. The molecule has 0 aliphatic heterocycles. The number of aromatic nitrogens is 1. The molecule has 1 aliphatic rings. The lowest BCUT2D eigenvalue weighted by molar-refractivity contribution is 0.0882. The number of halogens is 3. The van der Waals surface area contributed by atoms with Crippen LogP contribution in [0.2, 0.25) is 0 Å². The first-order chi connectivity index (χ1) is 5.46. The first kappa shape index (κ1) is 8.52. The van der Waals surface area contributed by atoms with Crippen LogP contribution >= 0.6 is 27.3 Å². The zero-order valence-corrected chi connectivity index (χ0v) is 8.25. The normalized spacial score (nSPS) is 32.0. The molecule has 1 atom stereocenters. The van der Waals surface area contributed by atoms with Crippen LogP contribution in [0.4, 0.5) is 8.78 Å². The summed E-state index contributed by atoms with van der Waals surface area (Å²) in [6, 6.07) is 0. The van der Waals surface area contributed by atoms with E-state index in [2.05, 4.69) is 20.9 Å². The SMILES string of the molecule is NC1(c2csc(Br)n2)CC1(F)F. The maximum absolute atomic E-state index is 12.7. The number of hydrogen-bond donors (Lipinski definition) is 1. The minimum Gasteiger partial charge on any atom is -0.315 e. The van der Waals surface area contributed by atoms with E-state index in [9.17, 15) is 8.78 Å². The molecule has 1 fully saturated rings. The molecular weight excluding hydrogens is 250 g/mol. The number of hydrogen-bond acceptors (Lipinski definition) is 3. The van der Waals surface area contributed by atoms with Gasteiger partial charge in [0.1, 0.15) is 5.54 Å². The smallest absolute Gasteiger partial charge is 0.273 e. The Labute approximate surface area is 79.9 Å². The zero-order valence-electron chi connectivity index (χ0n) is 5.85. The summed E-state index contributed by atoms with van der Waals surface area (Å²) in [6.45, 7) is 0. The molecule has 1 aromatic heterocycles. The summed E-state index contributed by atoms with van der Waals surface area (Å²) < 4.78 is 26.0. The van der Waals surface area contributed by atoms with E-state index in [4.69, 9.17) is 5.73 Å².